The average molecular weight is 283 g/mol. The third kappa shape index (κ3) is 4.09. The molecule has 3 heteroatoms. The van der Waals surface area contributed by atoms with Gasteiger partial charge in [-0.3, -0.25) is 4.79 Å². The molecule has 2 aromatic rings. The molecule has 0 aliphatic carbocycles. The molecule has 1 N–H and O–H groups in total. The molecule has 0 heterocycles. The molecule has 3 nitrogen and oxygen atoms in total. The van der Waals surface area contributed by atoms with E-state index in [-0.39, 0.29) is 12.5 Å². The number of nitrogens with zero attached hydrogens (tertiary/aromatic N) is 1. The van der Waals surface area contributed by atoms with Crippen LogP contribution in [0.4, 0.5) is 5.69 Å². The van der Waals surface area contributed by atoms with Crippen LogP contribution in [0.25, 0.3) is 0 Å². The van der Waals surface area contributed by atoms with Crippen molar-refractivity contribution in [1.29, 1.82) is 0 Å². The van der Waals surface area contributed by atoms with E-state index in [9.17, 15) is 4.79 Å². The van der Waals surface area contributed by atoms with Crippen LogP contribution >= 0.6 is 0 Å². The van der Waals surface area contributed by atoms with E-state index < -0.39 is 5.97 Å². The Labute approximate surface area is 125 Å². The van der Waals surface area contributed by atoms with Crippen molar-refractivity contribution in [3.05, 3.63) is 65.7 Å². The summed E-state index contributed by atoms with van der Waals surface area (Å²) in [7, 11) is 0. The van der Waals surface area contributed by atoms with Crippen molar-refractivity contribution >= 4 is 11.7 Å². The second kappa shape index (κ2) is 6.93. The van der Waals surface area contributed by atoms with Gasteiger partial charge in [-0.15, -0.1) is 0 Å². The second-order valence-electron chi connectivity index (χ2n) is 5.26. The van der Waals surface area contributed by atoms with Crippen LogP contribution in [0.5, 0.6) is 0 Å². The molecule has 2 aromatic carbocycles. The lowest BCUT2D eigenvalue weighted by Crippen LogP contribution is -2.29. The molecule has 0 bridgehead atoms. The molecule has 0 spiro atoms. The third-order valence-corrected chi connectivity index (χ3v) is 3.65. The molecule has 0 amide bonds. The van der Waals surface area contributed by atoms with Gasteiger partial charge in [-0.2, -0.15) is 0 Å². The topological polar surface area (TPSA) is 40.5 Å². The van der Waals surface area contributed by atoms with E-state index >= 15 is 0 Å². The Morgan fingerprint density at radius 3 is 2.48 bits per heavy atom. The highest BCUT2D eigenvalue weighted by Crippen LogP contribution is 2.27. The summed E-state index contributed by atoms with van der Waals surface area (Å²) in [5.41, 5.74) is 3.42. The molecule has 0 radical (unpaired) electrons. The third-order valence-electron chi connectivity index (χ3n) is 3.65. The van der Waals surface area contributed by atoms with E-state index in [4.69, 9.17) is 5.11 Å². The maximum absolute atomic E-state index is 10.9. The summed E-state index contributed by atoms with van der Waals surface area (Å²) < 4.78 is 0. The highest BCUT2D eigenvalue weighted by molar-refractivity contribution is 5.68. The van der Waals surface area contributed by atoms with Gasteiger partial charge in [0, 0.05) is 12.2 Å². The molecule has 1 unspecified atom stereocenters. The largest absolute Gasteiger partial charge is 0.481 e. The van der Waals surface area contributed by atoms with Gasteiger partial charge in [0.05, 0.1) is 12.5 Å². The SMILES string of the molecule is Cc1cccc(N(CCC(=O)O)C(C)c2ccccc2)c1. The van der Waals surface area contributed by atoms with Crippen molar-refractivity contribution in [2.45, 2.75) is 26.3 Å². The molecular formula is C18H21NO2. The van der Waals surface area contributed by atoms with E-state index in [1.165, 1.54) is 11.1 Å². The lowest BCUT2D eigenvalue weighted by atomic mass is 10.1. The Hall–Kier alpha value is -2.29. The molecule has 0 aliphatic heterocycles. The molecule has 21 heavy (non-hydrogen) atoms. The number of benzene rings is 2. The van der Waals surface area contributed by atoms with Crippen LogP contribution in [0.2, 0.25) is 0 Å². The van der Waals surface area contributed by atoms with Gasteiger partial charge in [-0.1, -0.05) is 42.5 Å². The minimum atomic E-state index is -0.770. The van der Waals surface area contributed by atoms with Crippen LogP contribution in [-0.2, 0) is 4.79 Å². The first-order valence-corrected chi connectivity index (χ1v) is 7.18. The average Bonchev–Trinajstić information content (AvgIpc) is 2.48. The van der Waals surface area contributed by atoms with Crippen LogP contribution in [0.1, 0.15) is 30.5 Å². The Morgan fingerprint density at radius 1 is 1.14 bits per heavy atom. The van der Waals surface area contributed by atoms with Crippen molar-refractivity contribution in [2.24, 2.45) is 0 Å². The first kappa shape index (κ1) is 15.1. The highest BCUT2D eigenvalue weighted by atomic mass is 16.4. The maximum Gasteiger partial charge on any atom is 0.305 e. The van der Waals surface area contributed by atoms with Gasteiger partial charge in [0.1, 0.15) is 0 Å². The summed E-state index contributed by atoms with van der Waals surface area (Å²) in [5, 5.41) is 8.99. The zero-order chi connectivity index (χ0) is 15.2. The summed E-state index contributed by atoms with van der Waals surface area (Å²) in [5.74, 6) is -0.770. The molecule has 0 aliphatic rings. The number of hydrogen-bond acceptors (Lipinski definition) is 2. The van der Waals surface area contributed by atoms with Crippen molar-refractivity contribution in [2.75, 3.05) is 11.4 Å². The van der Waals surface area contributed by atoms with E-state index in [2.05, 4.69) is 30.0 Å². The summed E-state index contributed by atoms with van der Waals surface area (Å²) in [6.07, 6.45) is 0.130. The second-order valence-corrected chi connectivity index (χ2v) is 5.26. The van der Waals surface area contributed by atoms with Crippen LogP contribution < -0.4 is 4.90 Å². The molecule has 0 aromatic heterocycles. The highest BCUT2D eigenvalue weighted by Gasteiger charge is 2.17. The Balaban J connectivity index is 2.29. The maximum atomic E-state index is 10.9. The van der Waals surface area contributed by atoms with Gasteiger partial charge >= 0.3 is 5.97 Å². The quantitative estimate of drug-likeness (QED) is 0.870. The number of aryl methyl sites for hydroxylation is 1. The lowest BCUT2D eigenvalue weighted by Gasteiger charge is -2.31. The monoisotopic (exact) mass is 283 g/mol. The van der Waals surface area contributed by atoms with Crippen molar-refractivity contribution in [3.63, 3.8) is 0 Å². The molecular weight excluding hydrogens is 262 g/mol. The number of hydrogen-bond donors (Lipinski definition) is 1. The minimum absolute atomic E-state index is 0.130. The summed E-state index contributed by atoms with van der Waals surface area (Å²) in [4.78, 5) is 13.1. The smallest absolute Gasteiger partial charge is 0.305 e. The number of rotatable bonds is 6. The van der Waals surface area contributed by atoms with Gasteiger partial charge in [0.15, 0.2) is 0 Å². The number of aliphatic carboxylic acids is 1. The van der Waals surface area contributed by atoms with E-state index in [0.29, 0.717) is 6.54 Å². The van der Waals surface area contributed by atoms with Crippen LogP contribution in [-0.4, -0.2) is 17.6 Å². The van der Waals surface area contributed by atoms with Crippen molar-refractivity contribution < 1.29 is 9.90 Å². The van der Waals surface area contributed by atoms with E-state index in [1.807, 2.05) is 43.3 Å². The van der Waals surface area contributed by atoms with Gasteiger partial charge in [0.25, 0.3) is 0 Å². The van der Waals surface area contributed by atoms with Gasteiger partial charge < -0.3 is 10.0 Å². The standard InChI is InChI=1S/C18H21NO2/c1-14-7-6-10-17(13-14)19(12-11-18(20)21)15(2)16-8-4-3-5-9-16/h3-10,13,15H,11-12H2,1-2H3,(H,20,21). The number of carboxylic acids is 1. The number of carbonyl (C=O) groups is 1. The van der Waals surface area contributed by atoms with Crippen LogP contribution in [0.3, 0.4) is 0 Å². The lowest BCUT2D eigenvalue weighted by molar-refractivity contribution is -0.136. The predicted octanol–water partition coefficient (Wildman–Crippen LogP) is 4.04. The first-order chi connectivity index (χ1) is 10.1. The fourth-order valence-corrected chi connectivity index (χ4v) is 2.48. The summed E-state index contributed by atoms with van der Waals surface area (Å²) >= 11 is 0. The zero-order valence-corrected chi connectivity index (χ0v) is 12.5. The van der Waals surface area contributed by atoms with Gasteiger partial charge in [0.2, 0.25) is 0 Å². The van der Waals surface area contributed by atoms with E-state index in [1.54, 1.807) is 0 Å². The molecule has 0 saturated heterocycles. The molecule has 110 valence electrons. The fraction of sp³-hybridized carbons (Fsp3) is 0.278. The predicted molar refractivity (Wildman–Crippen MR) is 85.6 cm³/mol. The zero-order valence-electron chi connectivity index (χ0n) is 12.5. The molecule has 1 atom stereocenters. The molecule has 0 saturated carbocycles. The summed E-state index contributed by atoms with van der Waals surface area (Å²) in [6, 6.07) is 18.5. The Morgan fingerprint density at radius 2 is 1.86 bits per heavy atom. The number of anilines is 1. The fourth-order valence-electron chi connectivity index (χ4n) is 2.48. The Bertz CT molecular complexity index is 595. The molecule has 0 fully saturated rings. The van der Waals surface area contributed by atoms with Gasteiger partial charge in [-0.25, -0.2) is 0 Å². The normalized spacial score (nSPS) is 11.9. The molecule has 2 rings (SSSR count). The van der Waals surface area contributed by atoms with Gasteiger partial charge in [-0.05, 0) is 37.1 Å². The van der Waals surface area contributed by atoms with Crippen LogP contribution in [0, 0.1) is 6.92 Å². The minimum Gasteiger partial charge on any atom is -0.481 e. The first-order valence-electron chi connectivity index (χ1n) is 7.18. The number of carboxylic acid groups (broad SMARTS) is 1. The van der Waals surface area contributed by atoms with Crippen molar-refractivity contribution in [3.8, 4) is 0 Å². The van der Waals surface area contributed by atoms with Crippen molar-refractivity contribution in [1.82, 2.24) is 0 Å². The van der Waals surface area contributed by atoms with Crippen LogP contribution in [0.15, 0.2) is 54.6 Å². The summed E-state index contributed by atoms with van der Waals surface area (Å²) in [6.45, 7) is 4.65. The Kier molecular flexibility index (Phi) is 4.99. The van der Waals surface area contributed by atoms with E-state index in [0.717, 1.165) is 5.69 Å².